The van der Waals surface area contributed by atoms with Crippen molar-refractivity contribution in [3.05, 3.63) is 29.4 Å². The lowest BCUT2D eigenvalue weighted by atomic mass is 10.0. The minimum absolute atomic E-state index is 2.25. The van der Waals surface area contributed by atoms with Gasteiger partial charge < -0.3 is 10.2 Å². The summed E-state index contributed by atoms with van der Waals surface area (Å²) < 4.78 is 61.4. The molecule has 0 spiro atoms. The molecule has 1 rings (SSSR count). The van der Waals surface area contributed by atoms with Crippen molar-refractivity contribution in [3.8, 4) is 0 Å². The summed E-state index contributed by atoms with van der Waals surface area (Å²) in [5.74, 6) is -14.2. The van der Waals surface area contributed by atoms with Crippen LogP contribution in [0.3, 0.4) is 0 Å². The standard InChI is InChI=1S/C6H2F5O2/c7-1-2(8)4(10)6(11,13)5(12)3(1)9/h12-13H. The van der Waals surface area contributed by atoms with Gasteiger partial charge >= 0.3 is 5.85 Å². The van der Waals surface area contributed by atoms with Crippen molar-refractivity contribution < 1.29 is 32.2 Å². The Labute approximate surface area is 68.6 Å². The van der Waals surface area contributed by atoms with Crippen molar-refractivity contribution >= 4 is 0 Å². The molecule has 1 aliphatic rings. The maximum absolute atomic E-state index is 12.5. The lowest BCUT2D eigenvalue weighted by Gasteiger charge is -2.24. The van der Waals surface area contributed by atoms with E-state index in [2.05, 4.69) is 0 Å². The fraction of sp³-hybridized carbons (Fsp3) is 0.167. The van der Waals surface area contributed by atoms with Gasteiger partial charge in [0, 0.05) is 0 Å². The third kappa shape index (κ3) is 1.24. The van der Waals surface area contributed by atoms with E-state index in [1.54, 1.807) is 0 Å². The van der Waals surface area contributed by atoms with E-state index in [-0.39, 0.29) is 0 Å². The summed E-state index contributed by atoms with van der Waals surface area (Å²) in [6.07, 6.45) is -2.25. The van der Waals surface area contributed by atoms with Gasteiger partial charge in [-0.15, -0.1) is 0 Å². The van der Waals surface area contributed by atoms with Gasteiger partial charge in [-0.25, -0.2) is 22.0 Å². The molecule has 13 heavy (non-hydrogen) atoms. The van der Waals surface area contributed by atoms with Gasteiger partial charge in [-0.3, -0.25) is 0 Å². The molecule has 0 aromatic heterocycles. The summed E-state index contributed by atoms with van der Waals surface area (Å²) in [5.41, 5.74) is 0. The first-order valence-electron chi connectivity index (χ1n) is 2.89. The Morgan fingerprint density at radius 2 is 1.38 bits per heavy atom. The van der Waals surface area contributed by atoms with Crippen LogP contribution < -0.4 is 0 Å². The Balaban J connectivity index is 3.32. The zero-order valence-corrected chi connectivity index (χ0v) is 5.78. The van der Waals surface area contributed by atoms with Gasteiger partial charge in [0.2, 0.25) is 11.9 Å². The number of aliphatic hydroxyl groups is 2. The summed E-state index contributed by atoms with van der Waals surface area (Å²) in [6, 6.07) is 0. The molecular weight excluding hydrogens is 199 g/mol. The zero-order valence-electron chi connectivity index (χ0n) is 5.78. The summed E-state index contributed by atoms with van der Waals surface area (Å²) in [7, 11) is 0. The monoisotopic (exact) mass is 201 g/mol. The normalized spacial score (nSPS) is 31.6. The number of hydrogen-bond acceptors (Lipinski definition) is 2. The van der Waals surface area contributed by atoms with Gasteiger partial charge in [0.1, 0.15) is 0 Å². The molecule has 73 valence electrons. The number of rotatable bonds is 0. The van der Waals surface area contributed by atoms with E-state index < -0.39 is 35.3 Å². The zero-order chi connectivity index (χ0) is 10.4. The van der Waals surface area contributed by atoms with Crippen LogP contribution in [0.25, 0.3) is 0 Å². The summed E-state index contributed by atoms with van der Waals surface area (Å²) >= 11 is 0. The Morgan fingerprint density at radius 3 is 1.85 bits per heavy atom. The minimum atomic E-state index is -4.34. The smallest absolute Gasteiger partial charge is 0.301 e. The average Bonchev–Trinajstić information content (AvgIpc) is 2.09. The molecule has 0 aromatic carbocycles. The van der Waals surface area contributed by atoms with Crippen LogP contribution in [0.2, 0.25) is 0 Å². The van der Waals surface area contributed by atoms with Gasteiger partial charge in [-0.1, -0.05) is 0 Å². The number of allylic oxidation sites excluding steroid dienone is 2. The van der Waals surface area contributed by atoms with E-state index in [1.165, 1.54) is 0 Å². The number of alkyl halides is 1. The van der Waals surface area contributed by atoms with Gasteiger partial charge in [0.05, 0.1) is 0 Å². The molecule has 2 nitrogen and oxygen atoms in total. The fourth-order valence-electron chi connectivity index (χ4n) is 0.691. The molecule has 0 saturated heterocycles. The molecule has 1 unspecified atom stereocenters. The Morgan fingerprint density at radius 1 is 0.923 bits per heavy atom. The Kier molecular flexibility index (Phi) is 2.16. The fourth-order valence-corrected chi connectivity index (χ4v) is 0.691. The Hall–Kier alpha value is -0.950. The van der Waals surface area contributed by atoms with Gasteiger partial charge in [0.15, 0.2) is 17.5 Å². The van der Waals surface area contributed by atoms with Crippen molar-refractivity contribution in [2.45, 2.75) is 5.85 Å². The second kappa shape index (κ2) is 2.78. The van der Waals surface area contributed by atoms with Crippen molar-refractivity contribution in [2.24, 2.45) is 0 Å². The molecule has 0 heterocycles. The molecule has 2 N–H and O–H groups in total. The van der Waals surface area contributed by atoms with E-state index in [9.17, 15) is 22.0 Å². The lowest BCUT2D eigenvalue weighted by Crippen LogP contribution is -2.36. The molecule has 7 heteroatoms. The number of halogens is 5. The quantitative estimate of drug-likeness (QED) is 0.587. The molecule has 0 aliphatic heterocycles. The highest BCUT2D eigenvalue weighted by molar-refractivity contribution is 5.42. The van der Waals surface area contributed by atoms with Crippen LogP contribution in [0.4, 0.5) is 22.0 Å². The largest absolute Gasteiger partial charge is 0.374 e. The first-order valence-corrected chi connectivity index (χ1v) is 2.89. The number of aliphatic hydroxyl groups excluding tert-OH is 1. The van der Waals surface area contributed by atoms with Crippen molar-refractivity contribution in [2.75, 3.05) is 0 Å². The molecular formula is C6H2F5O2. The lowest BCUT2D eigenvalue weighted by molar-refractivity contribution is -0.102. The summed E-state index contributed by atoms with van der Waals surface area (Å²) in [5, 5.41) is 16.6. The van der Waals surface area contributed by atoms with E-state index in [0.29, 0.717) is 0 Å². The van der Waals surface area contributed by atoms with Crippen LogP contribution in [-0.2, 0) is 0 Å². The maximum atomic E-state index is 12.5. The predicted molar refractivity (Wildman–Crippen MR) is 29.7 cm³/mol. The Bertz CT molecular complexity index is 306. The third-order valence-electron chi connectivity index (χ3n) is 1.39. The van der Waals surface area contributed by atoms with Crippen molar-refractivity contribution in [1.82, 2.24) is 0 Å². The first-order chi connectivity index (χ1) is 5.80. The van der Waals surface area contributed by atoms with Gasteiger partial charge in [-0.05, 0) is 0 Å². The summed E-state index contributed by atoms with van der Waals surface area (Å²) in [6.45, 7) is 0. The molecule has 0 saturated carbocycles. The van der Waals surface area contributed by atoms with E-state index in [4.69, 9.17) is 10.2 Å². The molecule has 1 radical (unpaired) electrons. The average molecular weight is 201 g/mol. The maximum Gasteiger partial charge on any atom is 0.301 e. The molecule has 0 fully saturated rings. The minimum Gasteiger partial charge on any atom is -0.374 e. The molecule has 0 amide bonds. The summed E-state index contributed by atoms with van der Waals surface area (Å²) in [4.78, 5) is 0. The van der Waals surface area contributed by atoms with Crippen LogP contribution >= 0.6 is 0 Å². The van der Waals surface area contributed by atoms with Crippen LogP contribution in [0.15, 0.2) is 23.3 Å². The van der Waals surface area contributed by atoms with Crippen LogP contribution in [0.5, 0.6) is 0 Å². The third-order valence-corrected chi connectivity index (χ3v) is 1.39. The molecule has 1 atom stereocenters. The SMILES string of the molecule is O[C]1C(F)=C(F)C(F)=C(F)C1(O)F. The van der Waals surface area contributed by atoms with Crippen LogP contribution in [0.1, 0.15) is 0 Å². The van der Waals surface area contributed by atoms with Crippen molar-refractivity contribution in [1.29, 1.82) is 0 Å². The topological polar surface area (TPSA) is 40.5 Å². The van der Waals surface area contributed by atoms with Gasteiger partial charge in [0.25, 0.3) is 0 Å². The number of hydrogen-bond donors (Lipinski definition) is 2. The molecule has 1 aliphatic carbocycles. The van der Waals surface area contributed by atoms with Crippen LogP contribution in [0, 0.1) is 6.10 Å². The highest BCUT2D eigenvalue weighted by Crippen LogP contribution is 2.44. The van der Waals surface area contributed by atoms with Crippen LogP contribution in [-0.4, -0.2) is 16.1 Å². The second-order valence-corrected chi connectivity index (χ2v) is 2.23. The second-order valence-electron chi connectivity index (χ2n) is 2.23. The highest BCUT2D eigenvalue weighted by atomic mass is 19.2. The van der Waals surface area contributed by atoms with Gasteiger partial charge in [-0.2, -0.15) is 0 Å². The molecule has 0 aromatic rings. The van der Waals surface area contributed by atoms with E-state index in [1.807, 2.05) is 0 Å². The first kappa shape index (κ1) is 10.1. The van der Waals surface area contributed by atoms with E-state index >= 15 is 0 Å². The highest BCUT2D eigenvalue weighted by Gasteiger charge is 2.52. The van der Waals surface area contributed by atoms with Crippen molar-refractivity contribution in [3.63, 3.8) is 0 Å². The van der Waals surface area contributed by atoms with E-state index in [0.717, 1.165) is 0 Å². The molecule has 0 bridgehead atoms. The predicted octanol–water partition coefficient (Wildman–Crippen LogP) is 1.86.